The summed E-state index contributed by atoms with van der Waals surface area (Å²) in [6, 6.07) is 7.60. The van der Waals surface area contributed by atoms with Crippen LogP contribution in [0.1, 0.15) is 69.2 Å². The van der Waals surface area contributed by atoms with E-state index in [1.807, 2.05) is 5.32 Å². The number of halogens is 9. The first-order valence-corrected chi connectivity index (χ1v) is 14.7. The summed E-state index contributed by atoms with van der Waals surface area (Å²) in [5, 5.41) is 19.6. The van der Waals surface area contributed by atoms with Crippen molar-refractivity contribution in [1.29, 1.82) is 0 Å². The fourth-order valence-corrected chi connectivity index (χ4v) is 4.58. The van der Waals surface area contributed by atoms with Gasteiger partial charge in [-0.05, 0) is 58.1 Å². The minimum absolute atomic E-state index is 0.00327. The molecule has 1 amide bonds. The maximum absolute atomic E-state index is 14.9. The summed E-state index contributed by atoms with van der Waals surface area (Å²) >= 11 is 0. The van der Waals surface area contributed by atoms with Crippen molar-refractivity contribution in [2.45, 2.75) is 88.4 Å². The highest BCUT2D eigenvalue weighted by Gasteiger charge is 2.61. The van der Waals surface area contributed by atoms with Crippen LogP contribution in [-0.4, -0.2) is 44.3 Å². The molecule has 2 atom stereocenters. The molecule has 2 N–H and O–H groups in total. The largest absolute Gasteiger partial charge is 0.444 e. The van der Waals surface area contributed by atoms with Crippen molar-refractivity contribution >= 4 is 11.8 Å². The Morgan fingerprint density at radius 2 is 1.52 bits per heavy atom. The average molecular weight is 725 g/mol. The van der Waals surface area contributed by atoms with Crippen molar-refractivity contribution in [3.63, 3.8) is 0 Å². The number of rotatable bonds is 13. The lowest BCUT2D eigenvalue weighted by Gasteiger charge is -2.32. The molecule has 2 aromatic heterocycles. The Hall–Kier alpha value is -4.45. The van der Waals surface area contributed by atoms with Gasteiger partial charge in [-0.15, -0.1) is 23.4 Å². The Labute approximate surface area is 280 Å². The first kappa shape index (κ1) is 40.0. The Bertz CT molecular complexity index is 1650. The van der Waals surface area contributed by atoms with Crippen LogP contribution in [0.25, 0.3) is 11.6 Å². The molecule has 0 aliphatic carbocycles. The van der Waals surface area contributed by atoms with Gasteiger partial charge in [-0.2, -0.15) is 39.5 Å². The molecule has 0 spiro atoms. The normalized spacial score (nSPS) is 15.1. The summed E-state index contributed by atoms with van der Waals surface area (Å²) in [6.07, 6.45) is -19.3. The maximum Gasteiger partial charge on any atom is 0.426 e. The number of aliphatic hydroxyl groups is 1. The SMILES string of the molecule is C=CCCC(O)(c1nc(-c2nnc(C(CCC=C)(OCc3ccccc3)C(F)(F)F)o2)c(NC(=O)OC(C)(C)C)cc1C(F)(F)F)C(F)(F)F. The number of nitrogens with one attached hydrogen (secondary N) is 1. The molecule has 0 bridgehead atoms. The fraction of sp³-hybridized carbons (Fsp3) is 0.438. The van der Waals surface area contributed by atoms with Gasteiger partial charge in [0, 0.05) is 0 Å². The summed E-state index contributed by atoms with van der Waals surface area (Å²) in [5.41, 5.74) is -14.9. The lowest BCUT2D eigenvalue weighted by Crippen LogP contribution is -2.45. The molecule has 3 aromatic rings. The monoisotopic (exact) mass is 724 g/mol. The standard InChI is InChI=1S/C32H33F9N4O5/c1-6-8-15-28(47,31(36,37)38)23-20(30(33,34)35)17-21(42-26(46)50-27(3,4)5)22(43-23)24-44-45-25(49-24)29(16-9-7-2,32(39,40)41)48-18-19-13-11-10-12-14-19/h6-7,10-14,17,47H,1-2,8-9,15-16,18H2,3-5H3,(H,42,46). The number of aromatic nitrogens is 3. The topological polar surface area (TPSA) is 120 Å². The number of carbonyl (C=O) groups excluding carboxylic acids is 1. The minimum Gasteiger partial charge on any atom is -0.444 e. The number of ether oxygens (including phenoxy) is 2. The third kappa shape index (κ3) is 9.01. The molecule has 0 saturated heterocycles. The lowest BCUT2D eigenvalue weighted by atomic mass is 9.88. The van der Waals surface area contributed by atoms with E-state index in [1.165, 1.54) is 45.0 Å². The van der Waals surface area contributed by atoms with Gasteiger partial charge in [0.1, 0.15) is 5.60 Å². The molecule has 50 heavy (non-hydrogen) atoms. The number of amides is 1. The van der Waals surface area contributed by atoms with Crippen molar-refractivity contribution in [3.05, 3.63) is 84.4 Å². The highest BCUT2D eigenvalue weighted by molar-refractivity contribution is 5.89. The predicted molar refractivity (Wildman–Crippen MR) is 160 cm³/mol. The number of allylic oxidation sites excluding steroid dienone is 2. The molecule has 274 valence electrons. The van der Waals surface area contributed by atoms with E-state index in [1.54, 1.807) is 6.07 Å². The van der Waals surface area contributed by atoms with Gasteiger partial charge in [0.2, 0.25) is 11.2 Å². The van der Waals surface area contributed by atoms with Crippen LogP contribution in [0.4, 0.5) is 50.0 Å². The van der Waals surface area contributed by atoms with Crippen molar-refractivity contribution in [1.82, 2.24) is 15.2 Å². The van der Waals surface area contributed by atoms with E-state index in [-0.39, 0.29) is 12.5 Å². The molecule has 1 aromatic carbocycles. The summed E-state index contributed by atoms with van der Waals surface area (Å²) in [7, 11) is 0. The summed E-state index contributed by atoms with van der Waals surface area (Å²) in [6.45, 7) is 10.2. The van der Waals surface area contributed by atoms with Gasteiger partial charge >= 0.3 is 24.6 Å². The molecular formula is C32H33F9N4O5. The highest BCUT2D eigenvalue weighted by atomic mass is 19.4. The van der Waals surface area contributed by atoms with Crippen molar-refractivity contribution in [2.24, 2.45) is 0 Å². The Morgan fingerprint density at radius 1 is 0.920 bits per heavy atom. The number of nitrogens with zero attached hydrogens (tertiary/aromatic N) is 3. The van der Waals surface area contributed by atoms with Crippen LogP contribution in [0.3, 0.4) is 0 Å². The maximum atomic E-state index is 14.9. The van der Waals surface area contributed by atoms with Gasteiger partial charge in [-0.1, -0.05) is 42.5 Å². The number of carbonyl (C=O) groups is 1. The highest BCUT2D eigenvalue weighted by Crippen LogP contribution is 2.50. The zero-order valence-corrected chi connectivity index (χ0v) is 26.9. The number of hydrogen-bond donors (Lipinski definition) is 2. The Morgan fingerprint density at radius 3 is 2.04 bits per heavy atom. The van der Waals surface area contributed by atoms with Crippen molar-refractivity contribution in [2.75, 3.05) is 5.32 Å². The molecular weight excluding hydrogens is 691 g/mol. The summed E-state index contributed by atoms with van der Waals surface area (Å²) < 4.78 is 147. The molecule has 9 nitrogen and oxygen atoms in total. The molecule has 2 heterocycles. The van der Waals surface area contributed by atoms with Gasteiger partial charge in [-0.25, -0.2) is 9.78 Å². The average Bonchev–Trinajstić information content (AvgIpc) is 3.48. The van der Waals surface area contributed by atoms with Gasteiger partial charge in [0.25, 0.3) is 11.8 Å². The Balaban J connectivity index is 2.37. The summed E-state index contributed by atoms with van der Waals surface area (Å²) in [4.78, 5) is 16.1. The number of alkyl halides is 9. The third-order valence-corrected chi connectivity index (χ3v) is 6.99. The molecule has 18 heteroatoms. The molecule has 3 rings (SSSR count). The predicted octanol–water partition coefficient (Wildman–Crippen LogP) is 9.15. The zero-order valence-electron chi connectivity index (χ0n) is 26.9. The van der Waals surface area contributed by atoms with Crippen LogP contribution < -0.4 is 5.32 Å². The van der Waals surface area contributed by atoms with E-state index in [2.05, 4.69) is 28.3 Å². The quantitative estimate of drug-likeness (QED) is 0.132. The van der Waals surface area contributed by atoms with E-state index in [0.29, 0.717) is 5.56 Å². The first-order chi connectivity index (χ1) is 23.0. The number of benzene rings is 1. The van der Waals surface area contributed by atoms with Crippen LogP contribution >= 0.6 is 0 Å². The van der Waals surface area contributed by atoms with Crippen molar-refractivity contribution < 1.29 is 63.3 Å². The second kappa shape index (κ2) is 14.8. The van der Waals surface area contributed by atoms with Crippen LogP contribution in [0, 0.1) is 0 Å². The van der Waals surface area contributed by atoms with E-state index in [4.69, 9.17) is 13.9 Å². The van der Waals surface area contributed by atoms with Gasteiger partial charge in [-0.3, -0.25) is 5.32 Å². The molecule has 0 radical (unpaired) electrons. The fourth-order valence-electron chi connectivity index (χ4n) is 4.58. The molecule has 0 aliphatic heterocycles. The Kier molecular flexibility index (Phi) is 11.8. The summed E-state index contributed by atoms with van der Waals surface area (Å²) in [5.74, 6) is -2.45. The number of pyridine rings is 1. The van der Waals surface area contributed by atoms with Crippen LogP contribution in [0.15, 0.2) is 66.1 Å². The van der Waals surface area contributed by atoms with E-state index in [0.717, 1.165) is 12.2 Å². The van der Waals surface area contributed by atoms with Crippen LogP contribution in [0.5, 0.6) is 0 Å². The van der Waals surface area contributed by atoms with Crippen LogP contribution in [0.2, 0.25) is 0 Å². The van der Waals surface area contributed by atoms with Crippen LogP contribution in [-0.2, 0) is 33.5 Å². The molecule has 2 unspecified atom stereocenters. The molecule has 0 aliphatic rings. The first-order valence-electron chi connectivity index (χ1n) is 14.7. The minimum atomic E-state index is -5.78. The second-order valence-electron chi connectivity index (χ2n) is 11.9. The van der Waals surface area contributed by atoms with Crippen molar-refractivity contribution in [3.8, 4) is 11.6 Å². The van der Waals surface area contributed by atoms with E-state index in [9.17, 15) is 49.4 Å². The van der Waals surface area contributed by atoms with E-state index >= 15 is 0 Å². The van der Waals surface area contributed by atoms with Gasteiger partial charge in [0.05, 0.1) is 23.6 Å². The second-order valence-corrected chi connectivity index (χ2v) is 11.9. The smallest absolute Gasteiger partial charge is 0.426 e. The van der Waals surface area contributed by atoms with Gasteiger partial charge in [0.15, 0.2) is 5.69 Å². The van der Waals surface area contributed by atoms with Gasteiger partial charge < -0.3 is 19.0 Å². The third-order valence-electron chi connectivity index (χ3n) is 6.99. The molecule has 0 saturated carbocycles. The van der Waals surface area contributed by atoms with E-state index < -0.39 is 102 Å². The molecule has 0 fully saturated rings. The number of anilines is 1. The lowest BCUT2D eigenvalue weighted by molar-refractivity contribution is -0.299. The zero-order chi connectivity index (χ0) is 37.8. The number of hydrogen-bond acceptors (Lipinski definition) is 8.